The Morgan fingerprint density at radius 2 is 1.33 bits per heavy atom. The van der Waals surface area contributed by atoms with Crippen molar-refractivity contribution in [3.8, 4) is 0 Å². The van der Waals surface area contributed by atoms with Crippen LogP contribution in [0.4, 0.5) is 0 Å². The predicted octanol–water partition coefficient (Wildman–Crippen LogP) is 4.06. The number of hydrogen-bond acceptors (Lipinski definition) is 3. The van der Waals surface area contributed by atoms with Crippen LogP contribution in [0, 0.1) is 6.92 Å². The van der Waals surface area contributed by atoms with Crippen molar-refractivity contribution >= 4 is 15.6 Å². The molecule has 0 aromatic heterocycles. The molecule has 0 N–H and O–H groups in total. The smallest absolute Gasteiger partial charge is 0.207 e. The van der Waals surface area contributed by atoms with E-state index >= 15 is 0 Å². The second-order valence-corrected chi connectivity index (χ2v) is 7.43. The van der Waals surface area contributed by atoms with E-state index in [0.717, 1.165) is 5.56 Å². The number of benzene rings is 3. The van der Waals surface area contributed by atoms with Crippen LogP contribution in [0.5, 0.6) is 0 Å². The van der Waals surface area contributed by atoms with Crippen LogP contribution in [0.3, 0.4) is 0 Å². The summed E-state index contributed by atoms with van der Waals surface area (Å²) in [6.07, 6.45) is 0. The Labute approximate surface area is 141 Å². The van der Waals surface area contributed by atoms with Crippen LogP contribution >= 0.6 is 0 Å². The minimum absolute atomic E-state index is 0.0303. The predicted molar refractivity (Wildman–Crippen MR) is 92.9 cm³/mol. The van der Waals surface area contributed by atoms with Crippen LogP contribution in [-0.2, 0) is 9.84 Å². The van der Waals surface area contributed by atoms with E-state index in [4.69, 9.17) is 0 Å². The number of rotatable bonds is 4. The van der Waals surface area contributed by atoms with Crippen LogP contribution < -0.4 is 0 Å². The van der Waals surface area contributed by atoms with E-state index in [0.29, 0.717) is 5.56 Å². The molecule has 0 atom stereocenters. The molecule has 3 aromatic rings. The fourth-order valence-corrected chi connectivity index (χ4v) is 3.93. The maximum atomic E-state index is 12.9. The monoisotopic (exact) mass is 336 g/mol. The second-order valence-electron chi connectivity index (χ2n) is 5.51. The van der Waals surface area contributed by atoms with Gasteiger partial charge < -0.3 is 0 Å². The molecule has 3 rings (SSSR count). The Bertz CT molecular complexity index is 973. The zero-order valence-corrected chi connectivity index (χ0v) is 14.0. The van der Waals surface area contributed by atoms with Crippen molar-refractivity contribution in [2.75, 3.05) is 0 Å². The van der Waals surface area contributed by atoms with Crippen molar-refractivity contribution < 1.29 is 13.2 Å². The van der Waals surface area contributed by atoms with Crippen molar-refractivity contribution in [2.45, 2.75) is 16.7 Å². The molecular formula is C20H16O3S. The van der Waals surface area contributed by atoms with Crippen molar-refractivity contribution in [3.05, 3.63) is 95.6 Å². The lowest BCUT2D eigenvalue weighted by molar-refractivity contribution is 0.103. The molecule has 3 aromatic carbocycles. The number of sulfone groups is 1. The molecule has 24 heavy (non-hydrogen) atoms. The van der Waals surface area contributed by atoms with Gasteiger partial charge in [0.05, 0.1) is 9.79 Å². The molecule has 0 fully saturated rings. The summed E-state index contributed by atoms with van der Waals surface area (Å²) < 4.78 is 25.9. The van der Waals surface area contributed by atoms with E-state index in [-0.39, 0.29) is 21.1 Å². The quantitative estimate of drug-likeness (QED) is 0.675. The standard InChI is InChI=1S/C20H16O3S/c1-15-11-13-17(14-12-15)24(22,23)19-10-6-5-9-18(19)20(21)16-7-3-2-4-8-16/h2-14H,1H3. The Hall–Kier alpha value is -2.72. The summed E-state index contributed by atoms with van der Waals surface area (Å²) in [7, 11) is -3.76. The molecule has 0 heterocycles. The molecule has 0 aliphatic carbocycles. The van der Waals surface area contributed by atoms with Gasteiger partial charge in [0, 0.05) is 11.1 Å². The Morgan fingerprint density at radius 1 is 0.750 bits per heavy atom. The lowest BCUT2D eigenvalue weighted by Crippen LogP contribution is -2.10. The molecule has 0 aliphatic heterocycles. The van der Waals surface area contributed by atoms with Gasteiger partial charge in [0.1, 0.15) is 0 Å². The highest BCUT2D eigenvalue weighted by Crippen LogP contribution is 2.26. The van der Waals surface area contributed by atoms with Crippen molar-refractivity contribution in [2.24, 2.45) is 0 Å². The molecule has 0 unspecified atom stereocenters. The van der Waals surface area contributed by atoms with E-state index in [1.54, 1.807) is 66.7 Å². The summed E-state index contributed by atoms with van der Waals surface area (Å²) >= 11 is 0. The molecule has 0 radical (unpaired) electrons. The third-order valence-electron chi connectivity index (χ3n) is 3.79. The molecule has 0 amide bonds. The summed E-state index contributed by atoms with van der Waals surface area (Å²) in [5.74, 6) is -0.304. The molecule has 0 bridgehead atoms. The van der Waals surface area contributed by atoms with Crippen LogP contribution in [-0.4, -0.2) is 14.2 Å². The van der Waals surface area contributed by atoms with Crippen LogP contribution in [0.25, 0.3) is 0 Å². The third-order valence-corrected chi connectivity index (χ3v) is 5.62. The third kappa shape index (κ3) is 3.01. The van der Waals surface area contributed by atoms with Gasteiger partial charge in [0.25, 0.3) is 0 Å². The first kappa shape index (κ1) is 16.1. The van der Waals surface area contributed by atoms with E-state index < -0.39 is 9.84 Å². The average Bonchev–Trinajstić information content (AvgIpc) is 2.62. The highest BCUT2D eigenvalue weighted by molar-refractivity contribution is 7.91. The summed E-state index contributed by atoms with van der Waals surface area (Å²) in [5, 5.41) is 0. The Morgan fingerprint density at radius 3 is 2.00 bits per heavy atom. The summed E-state index contributed by atoms with van der Waals surface area (Å²) in [4.78, 5) is 12.9. The van der Waals surface area contributed by atoms with Gasteiger partial charge in [0.15, 0.2) is 5.78 Å². The highest BCUT2D eigenvalue weighted by Gasteiger charge is 2.24. The van der Waals surface area contributed by atoms with Crippen molar-refractivity contribution in [1.82, 2.24) is 0 Å². The molecular weight excluding hydrogens is 320 g/mol. The normalized spacial score (nSPS) is 11.2. The largest absolute Gasteiger partial charge is 0.289 e. The summed E-state index contributed by atoms with van der Waals surface area (Å²) in [5.41, 5.74) is 1.62. The molecule has 0 aliphatic rings. The van der Waals surface area contributed by atoms with E-state index in [2.05, 4.69) is 0 Å². The zero-order chi connectivity index (χ0) is 17.2. The van der Waals surface area contributed by atoms with Crippen molar-refractivity contribution in [3.63, 3.8) is 0 Å². The molecule has 0 saturated heterocycles. The van der Waals surface area contributed by atoms with Gasteiger partial charge in [-0.3, -0.25) is 4.79 Å². The van der Waals surface area contributed by atoms with E-state index in [1.165, 1.54) is 6.07 Å². The molecule has 3 nitrogen and oxygen atoms in total. The minimum Gasteiger partial charge on any atom is -0.289 e. The fourth-order valence-electron chi connectivity index (χ4n) is 2.48. The van der Waals surface area contributed by atoms with Crippen LogP contribution in [0.1, 0.15) is 21.5 Å². The maximum Gasteiger partial charge on any atom is 0.207 e. The van der Waals surface area contributed by atoms with Crippen LogP contribution in [0.15, 0.2) is 88.7 Å². The number of carbonyl (C=O) groups excluding carboxylic acids is 1. The number of ketones is 1. The first-order valence-electron chi connectivity index (χ1n) is 7.51. The lowest BCUT2D eigenvalue weighted by atomic mass is 10.0. The topological polar surface area (TPSA) is 51.2 Å². The number of hydrogen-bond donors (Lipinski definition) is 0. The van der Waals surface area contributed by atoms with Gasteiger partial charge in [0.2, 0.25) is 9.84 Å². The lowest BCUT2D eigenvalue weighted by Gasteiger charge is -2.10. The van der Waals surface area contributed by atoms with E-state index in [1.807, 2.05) is 13.0 Å². The number of aryl methyl sites for hydroxylation is 1. The summed E-state index contributed by atoms with van der Waals surface area (Å²) in [6.45, 7) is 1.89. The maximum absolute atomic E-state index is 12.9. The van der Waals surface area contributed by atoms with Gasteiger partial charge in [-0.25, -0.2) is 8.42 Å². The van der Waals surface area contributed by atoms with Gasteiger partial charge in [-0.1, -0.05) is 60.2 Å². The number of carbonyl (C=O) groups is 1. The van der Waals surface area contributed by atoms with Gasteiger partial charge in [-0.15, -0.1) is 0 Å². The zero-order valence-electron chi connectivity index (χ0n) is 13.1. The van der Waals surface area contributed by atoms with Gasteiger partial charge >= 0.3 is 0 Å². The Kier molecular flexibility index (Phi) is 4.32. The van der Waals surface area contributed by atoms with Crippen molar-refractivity contribution in [1.29, 1.82) is 0 Å². The van der Waals surface area contributed by atoms with Crippen LogP contribution in [0.2, 0.25) is 0 Å². The Balaban J connectivity index is 2.13. The molecule has 120 valence electrons. The second kappa shape index (κ2) is 6.42. The van der Waals surface area contributed by atoms with Gasteiger partial charge in [-0.05, 0) is 31.2 Å². The molecule has 0 spiro atoms. The molecule has 0 saturated carbocycles. The highest BCUT2D eigenvalue weighted by atomic mass is 32.2. The first-order chi connectivity index (χ1) is 11.5. The summed E-state index contributed by atoms with van der Waals surface area (Å²) in [6, 6.07) is 21.6. The SMILES string of the molecule is Cc1ccc(S(=O)(=O)c2ccccc2C(=O)c2ccccc2)cc1. The molecule has 4 heteroatoms. The van der Waals surface area contributed by atoms with Gasteiger partial charge in [-0.2, -0.15) is 0 Å². The average molecular weight is 336 g/mol. The fraction of sp³-hybridized carbons (Fsp3) is 0.0500. The van der Waals surface area contributed by atoms with E-state index in [9.17, 15) is 13.2 Å². The first-order valence-corrected chi connectivity index (χ1v) is 8.99. The minimum atomic E-state index is -3.76.